The van der Waals surface area contributed by atoms with E-state index in [9.17, 15) is 14.7 Å². The van der Waals surface area contributed by atoms with Crippen molar-refractivity contribution in [2.75, 3.05) is 13.2 Å². The van der Waals surface area contributed by atoms with Crippen molar-refractivity contribution < 1.29 is 19.4 Å². The molecule has 0 saturated heterocycles. The van der Waals surface area contributed by atoms with Gasteiger partial charge in [-0.15, -0.1) is 0 Å². The van der Waals surface area contributed by atoms with E-state index >= 15 is 0 Å². The Bertz CT molecular complexity index is 475. The number of rotatable bonds is 6. The Balaban J connectivity index is 3.10. The maximum Gasteiger partial charge on any atom is 0.187 e. The lowest BCUT2D eigenvalue weighted by atomic mass is 9.82. The van der Waals surface area contributed by atoms with Crippen molar-refractivity contribution in [2.45, 2.75) is 53.1 Å². The van der Waals surface area contributed by atoms with Crippen LogP contribution in [-0.4, -0.2) is 35.5 Å². The lowest BCUT2D eigenvalue weighted by molar-refractivity contribution is -0.117. The van der Waals surface area contributed by atoms with E-state index in [4.69, 9.17) is 4.74 Å². The molecule has 0 spiro atoms. The molecule has 4 nitrogen and oxygen atoms in total. The molecule has 0 saturated carbocycles. The van der Waals surface area contributed by atoms with Crippen molar-refractivity contribution in [1.29, 1.82) is 0 Å². The lowest BCUT2D eigenvalue weighted by Crippen LogP contribution is -2.26. The Kier molecular flexibility index (Phi) is 5.42. The minimum Gasteiger partial charge on any atom is -0.390 e. The lowest BCUT2D eigenvalue weighted by Gasteiger charge is -2.23. The predicted molar refractivity (Wildman–Crippen MR) is 77.4 cm³/mol. The molecule has 20 heavy (non-hydrogen) atoms. The summed E-state index contributed by atoms with van der Waals surface area (Å²) in [5.74, 6) is -0.206. The molecule has 0 aromatic heterocycles. The largest absolute Gasteiger partial charge is 0.390 e. The van der Waals surface area contributed by atoms with Crippen molar-refractivity contribution in [3.05, 3.63) is 22.3 Å². The summed E-state index contributed by atoms with van der Waals surface area (Å²) in [6.07, 6.45) is 0.824. The van der Waals surface area contributed by atoms with Crippen LogP contribution in [0, 0.1) is 0 Å². The number of carbonyl (C=O) groups is 2. The standard InChI is InChI=1S/C16H24O4/c1-6-20-9-13-12(7-8-16(4,5)19)14(17)10(2)11(3)15(13)18/h19H,6-9H2,1-5H3. The number of carbonyl (C=O) groups excluding carboxylic acids is 2. The first-order valence-corrected chi connectivity index (χ1v) is 6.98. The number of ether oxygens (including phenoxy) is 1. The summed E-state index contributed by atoms with van der Waals surface area (Å²) in [4.78, 5) is 24.7. The first-order chi connectivity index (χ1) is 9.19. The van der Waals surface area contributed by atoms with Crippen molar-refractivity contribution in [3.63, 3.8) is 0 Å². The van der Waals surface area contributed by atoms with E-state index in [1.165, 1.54) is 0 Å². The average molecular weight is 280 g/mol. The number of aliphatic hydroxyl groups is 1. The highest BCUT2D eigenvalue weighted by atomic mass is 16.5. The topological polar surface area (TPSA) is 63.6 Å². The van der Waals surface area contributed by atoms with Gasteiger partial charge in [-0.25, -0.2) is 0 Å². The molecular weight excluding hydrogens is 256 g/mol. The zero-order valence-electron chi connectivity index (χ0n) is 13.0. The molecule has 0 radical (unpaired) electrons. The molecule has 0 aliphatic heterocycles. The molecule has 0 atom stereocenters. The summed E-state index contributed by atoms with van der Waals surface area (Å²) in [6, 6.07) is 0. The third kappa shape index (κ3) is 3.87. The minimum absolute atomic E-state index is 0.0962. The maximum absolute atomic E-state index is 12.4. The molecule has 0 unspecified atom stereocenters. The summed E-state index contributed by atoms with van der Waals surface area (Å²) in [7, 11) is 0. The van der Waals surface area contributed by atoms with Crippen LogP contribution in [0.5, 0.6) is 0 Å². The van der Waals surface area contributed by atoms with Crippen LogP contribution in [-0.2, 0) is 14.3 Å². The summed E-state index contributed by atoms with van der Waals surface area (Å²) in [5, 5.41) is 9.82. The Morgan fingerprint density at radius 1 is 1.05 bits per heavy atom. The first-order valence-electron chi connectivity index (χ1n) is 6.98. The smallest absolute Gasteiger partial charge is 0.187 e. The van der Waals surface area contributed by atoms with Gasteiger partial charge in [-0.2, -0.15) is 0 Å². The van der Waals surface area contributed by atoms with Crippen molar-refractivity contribution in [2.24, 2.45) is 0 Å². The third-order valence-electron chi connectivity index (χ3n) is 3.59. The van der Waals surface area contributed by atoms with Gasteiger partial charge in [-0.05, 0) is 47.5 Å². The van der Waals surface area contributed by atoms with Crippen LogP contribution in [0.2, 0.25) is 0 Å². The van der Waals surface area contributed by atoms with Gasteiger partial charge in [0.25, 0.3) is 0 Å². The summed E-state index contributed by atoms with van der Waals surface area (Å²) in [6.45, 7) is 9.24. The van der Waals surface area contributed by atoms with E-state index in [0.29, 0.717) is 41.7 Å². The molecule has 4 heteroatoms. The zero-order chi connectivity index (χ0) is 15.5. The Labute approximate surface area is 120 Å². The van der Waals surface area contributed by atoms with Gasteiger partial charge in [0.05, 0.1) is 12.2 Å². The van der Waals surface area contributed by atoms with E-state index in [2.05, 4.69) is 0 Å². The van der Waals surface area contributed by atoms with E-state index in [1.807, 2.05) is 6.92 Å². The zero-order valence-corrected chi connectivity index (χ0v) is 13.0. The SMILES string of the molecule is CCOCC1=C(CCC(C)(C)O)C(=O)C(C)=C(C)C1=O. The highest BCUT2D eigenvalue weighted by molar-refractivity contribution is 6.24. The number of hydrogen-bond acceptors (Lipinski definition) is 4. The molecule has 112 valence electrons. The van der Waals surface area contributed by atoms with E-state index in [-0.39, 0.29) is 18.2 Å². The Hall–Kier alpha value is -1.26. The number of Topliss-reactive ketones (excluding diaryl/α,β-unsaturated/α-hetero) is 2. The van der Waals surface area contributed by atoms with Crippen LogP contribution < -0.4 is 0 Å². The number of allylic oxidation sites excluding steroid dienone is 3. The van der Waals surface area contributed by atoms with Crippen molar-refractivity contribution >= 4 is 11.6 Å². The van der Waals surface area contributed by atoms with Crippen LogP contribution in [0.25, 0.3) is 0 Å². The molecule has 1 aliphatic rings. The van der Waals surface area contributed by atoms with E-state index in [1.54, 1.807) is 27.7 Å². The fourth-order valence-corrected chi connectivity index (χ4v) is 2.12. The maximum atomic E-state index is 12.4. The van der Waals surface area contributed by atoms with Crippen LogP contribution in [0.3, 0.4) is 0 Å². The first kappa shape index (κ1) is 16.8. The molecule has 1 rings (SSSR count). The molecular formula is C16H24O4. The van der Waals surface area contributed by atoms with Crippen LogP contribution in [0.1, 0.15) is 47.5 Å². The van der Waals surface area contributed by atoms with Gasteiger partial charge in [0, 0.05) is 28.9 Å². The summed E-state index contributed by atoms with van der Waals surface area (Å²) < 4.78 is 5.32. The fourth-order valence-electron chi connectivity index (χ4n) is 2.12. The highest BCUT2D eigenvalue weighted by Gasteiger charge is 2.30. The third-order valence-corrected chi connectivity index (χ3v) is 3.59. The van der Waals surface area contributed by atoms with Crippen LogP contribution in [0.15, 0.2) is 22.3 Å². The van der Waals surface area contributed by atoms with Crippen LogP contribution >= 0.6 is 0 Å². The van der Waals surface area contributed by atoms with Gasteiger partial charge >= 0.3 is 0 Å². The van der Waals surface area contributed by atoms with Crippen LogP contribution in [0.4, 0.5) is 0 Å². The fraction of sp³-hybridized carbons (Fsp3) is 0.625. The number of hydrogen-bond donors (Lipinski definition) is 1. The van der Waals surface area contributed by atoms with Gasteiger partial charge in [0.1, 0.15) is 0 Å². The van der Waals surface area contributed by atoms with E-state index in [0.717, 1.165) is 0 Å². The van der Waals surface area contributed by atoms with Gasteiger partial charge in [-0.3, -0.25) is 9.59 Å². The number of ketones is 2. The van der Waals surface area contributed by atoms with Crippen molar-refractivity contribution in [1.82, 2.24) is 0 Å². The van der Waals surface area contributed by atoms with Gasteiger partial charge in [0.2, 0.25) is 0 Å². The summed E-state index contributed by atoms with van der Waals surface area (Å²) in [5.41, 5.74) is 1.08. The molecule has 1 aliphatic carbocycles. The Morgan fingerprint density at radius 3 is 2.00 bits per heavy atom. The second-order valence-corrected chi connectivity index (χ2v) is 5.81. The monoisotopic (exact) mass is 280 g/mol. The van der Waals surface area contributed by atoms with Gasteiger partial charge in [-0.1, -0.05) is 0 Å². The second-order valence-electron chi connectivity index (χ2n) is 5.81. The van der Waals surface area contributed by atoms with Gasteiger partial charge < -0.3 is 9.84 Å². The molecule has 0 aromatic carbocycles. The second kappa shape index (κ2) is 6.46. The molecule has 0 aromatic rings. The molecule has 0 fully saturated rings. The average Bonchev–Trinajstić information content (AvgIpc) is 2.36. The normalized spacial score (nSPS) is 17.3. The minimum atomic E-state index is -0.864. The summed E-state index contributed by atoms with van der Waals surface area (Å²) >= 11 is 0. The predicted octanol–water partition coefficient (Wildman–Crippen LogP) is 2.36. The van der Waals surface area contributed by atoms with Crippen molar-refractivity contribution in [3.8, 4) is 0 Å². The Morgan fingerprint density at radius 2 is 1.55 bits per heavy atom. The highest BCUT2D eigenvalue weighted by Crippen LogP contribution is 2.29. The molecule has 0 heterocycles. The quantitative estimate of drug-likeness (QED) is 0.759. The van der Waals surface area contributed by atoms with Gasteiger partial charge in [0.15, 0.2) is 11.6 Å². The molecule has 0 bridgehead atoms. The molecule has 0 amide bonds. The molecule has 1 N–H and O–H groups in total. The van der Waals surface area contributed by atoms with E-state index < -0.39 is 5.60 Å².